The van der Waals surface area contributed by atoms with Crippen molar-refractivity contribution in [1.82, 2.24) is 14.5 Å². The van der Waals surface area contributed by atoms with E-state index in [1.54, 1.807) is 10.4 Å². The fraction of sp³-hybridized carbons (Fsp3) is 0.650. The lowest BCUT2D eigenvalue weighted by Crippen LogP contribution is -2.38. The molecular formula is C20H33N3O3S. The van der Waals surface area contributed by atoms with Crippen LogP contribution in [0.2, 0.25) is 0 Å². The molecule has 0 aliphatic carbocycles. The van der Waals surface area contributed by atoms with E-state index in [-0.39, 0.29) is 10.8 Å². The van der Waals surface area contributed by atoms with Gasteiger partial charge < -0.3 is 10.2 Å². The molecule has 27 heavy (non-hydrogen) atoms. The summed E-state index contributed by atoms with van der Waals surface area (Å²) in [6.45, 7) is 8.37. The van der Waals surface area contributed by atoms with E-state index in [1.807, 2.05) is 27.9 Å². The maximum atomic E-state index is 13.2. The molecule has 0 unspecified atom stereocenters. The van der Waals surface area contributed by atoms with Gasteiger partial charge in [-0.1, -0.05) is 6.92 Å². The number of carbonyl (C=O) groups is 1. The number of sulfonamides is 1. The second-order valence-electron chi connectivity index (χ2n) is 7.92. The number of carbonyl (C=O) groups excluding carboxylic acids is 1. The van der Waals surface area contributed by atoms with Gasteiger partial charge in [0.15, 0.2) is 0 Å². The third-order valence-corrected chi connectivity index (χ3v) is 7.33. The summed E-state index contributed by atoms with van der Waals surface area (Å²) >= 11 is 0. The Morgan fingerprint density at radius 3 is 2.44 bits per heavy atom. The Morgan fingerprint density at radius 1 is 1.22 bits per heavy atom. The minimum Gasteiger partial charge on any atom is -0.352 e. The lowest BCUT2D eigenvalue weighted by Gasteiger charge is -2.30. The van der Waals surface area contributed by atoms with Crippen LogP contribution in [-0.4, -0.2) is 63.8 Å². The van der Waals surface area contributed by atoms with Crippen LogP contribution in [0.1, 0.15) is 47.7 Å². The molecule has 1 aromatic rings. The molecule has 1 aliphatic rings. The van der Waals surface area contributed by atoms with Gasteiger partial charge >= 0.3 is 0 Å². The van der Waals surface area contributed by atoms with Crippen LogP contribution in [-0.2, 0) is 10.0 Å². The van der Waals surface area contributed by atoms with Crippen molar-refractivity contribution in [2.75, 3.05) is 40.3 Å². The van der Waals surface area contributed by atoms with Crippen molar-refractivity contribution in [3.8, 4) is 0 Å². The topological polar surface area (TPSA) is 69.7 Å². The zero-order chi connectivity index (χ0) is 20.2. The predicted octanol–water partition coefficient (Wildman–Crippen LogP) is 2.41. The van der Waals surface area contributed by atoms with Crippen LogP contribution in [0.15, 0.2) is 17.0 Å². The van der Waals surface area contributed by atoms with Crippen LogP contribution in [0, 0.1) is 19.8 Å². The molecule has 1 saturated heterocycles. The molecule has 1 aromatic carbocycles. The van der Waals surface area contributed by atoms with E-state index in [0.717, 1.165) is 36.9 Å². The molecule has 0 aromatic heterocycles. The summed E-state index contributed by atoms with van der Waals surface area (Å²) in [7, 11) is 0.395. The first-order valence-corrected chi connectivity index (χ1v) is 11.1. The van der Waals surface area contributed by atoms with E-state index in [2.05, 4.69) is 17.1 Å². The normalized spacial score (nSPS) is 16.7. The molecule has 0 atom stereocenters. The van der Waals surface area contributed by atoms with Crippen molar-refractivity contribution >= 4 is 15.9 Å². The minimum absolute atomic E-state index is 0.222. The zero-order valence-corrected chi connectivity index (χ0v) is 18.0. The highest BCUT2D eigenvalue weighted by Crippen LogP contribution is 2.28. The minimum atomic E-state index is -3.58. The Morgan fingerprint density at radius 2 is 1.85 bits per heavy atom. The largest absolute Gasteiger partial charge is 0.352 e. The monoisotopic (exact) mass is 395 g/mol. The number of hydrogen-bond acceptors (Lipinski definition) is 4. The van der Waals surface area contributed by atoms with E-state index in [1.165, 1.54) is 6.07 Å². The van der Waals surface area contributed by atoms with Crippen molar-refractivity contribution < 1.29 is 13.2 Å². The first kappa shape index (κ1) is 21.9. The van der Waals surface area contributed by atoms with Crippen LogP contribution in [0.3, 0.4) is 0 Å². The standard InChI is InChI=1S/C20H33N3O3S/c1-15-7-11-23(12-8-15)27(25,26)19-14-18(13-16(2)17(19)3)20(24)21-9-6-10-22(4)5/h13-15H,6-12H2,1-5H3,(H,21,24). The molecule has 1 aliphatic heterocycles. The van der Waals surface area contributed by atoms with Crippen molar-refractivity contribution in [2.24, 2.45) is 5.92 Å². The van der Waals surface area contributed by atoms with Crippen molar-refractivity contribution in [3.63, 3.8) is 0 Å². The lowest BCUT2D eigenvalue weighted by atomic mass is 10.0. The number of nitrogens with one attached hydrogen (secondary N) is 1. The van der Waals surface area contributed by atoms with E-state index in [4.69, 9.17) is 0 Å². The first-order valence-electron chi connectivity index (χ1n) is 9.67. The third-order valence-electron chi connectivity index (χ3n) is 5.31. The molecule has 6 nitrogen and oxygen atoms in total. The second kappa shape index (κ2) is 9.17. The fourth-order valence-corrected chi connectivity index (χ4v) is 5.08. The summed E-state index contributed by atoms with van der Waals surface area (Å²) in [5.74, 6) is 0.333. The van der Waals surface area contributed by atoms with Gasteiger partial charge in [-0.15, -0.1) is 0 Å². The fourth-order valence-electron chi connectivity index (χ4n) is 3.29. The number of rotatable bonds is 7. The maximum Gasteiger partial charge on any atom is 0.251 e. The quantitative estimate of drug-likeness (QED) is 0.720. The van der Waals surface area contributed by atoms with Gasteiger partial charge in [0.1, 0.15) is 0 Å². The Labute approximate surface area is 164 Å². The number of aryl methyl sites for hydroxylation is 1. The van der Waals surface area contributed by atoms with Gasteiger partial charge in [-0.2, -0.15) is 4.31 Å². The van der Waals surface area contributed by atoms with Crippen molar-refractivity contribution in [3.05, 3.63) is 28.8 Å². The second-order valence-corrected chi connectivity index (χ2v) is 9.82. The molecule has 0 bridgehead atoms. The zero-order valence-electron chi connectivity index (χ0n) is 17.2. The first-order chi connectivity index (χ1) is 12.6. The van der Waals surface area contributed by atoms with Crippen molar-refractivity contribution in [1.29, 1.82) is 0 Å². The highest BCUT2D eigenvalue weighted by molar-refractivity contribution is 7.89. The van der Waals surface area contributed by atoms with Crippen molar-refractivity contribution in [2.45, 2.75) is 44.9 Å². The third kappa shape index (κ3) is 5.53. The highest BCUT2D eigenvalue weighted by Gasteiger charge is 2.30. The molecule has 7 heteroatoms. The van der Waals surface area contributed by atoms with Gasteiger partial charge in [0.05, 0.1) is 4.90 Å². The number of nitrogens with zero attached hydrogens (tertiary/aromatic N) is 2. The molecule has 152 valence electrons. The summed E-state index contributed by atoms with van der Waals surface area (Å²) in [6.07, 6.45) is 2.60. The van der Waals surface area contributed by atoms with Crippen LogP contribution in [0.25, 0.3) is 0 Å². The molecule has 0 saturated carbocycles. The summed E-state index contributed by atoms with van der Waals surface area (Å²) in [5.41, 5.74) is 1.95. The number of hydrogen-bond donors (Lipinski definition) is 1. The molecule has 0 radical (unpaired) electrons. The van der Waals surface area contributed by atoms with Crippen LogP contribution >= 0.6 is 0 Å². The van der Waals surface area contributed by atoms with Gasteiger partial charge in [0.25, 0.3) is 5.91 Å². The summed E-state index contributed by atoms with van der Waals surface area (Å²) in [6, 6.07) is 3.31. The molecule has 1 heterocycles. The van der Waals surface area contributed by atoms with Gasteiger partial charge in [-0.05, 0) is 82.9 Å². The molecule has 1 amide bonds. The van der Waals surface area contributed by atoms with E-state index < -0.39 is 10.0 Å². The number of amides is 1. The van der Waals surface area contributed by atoms with Crippen LogP contribution in [0.4, 0.5) is 0 Å². The summed E-state index contributed by atoms with van der Waals surface area (Å²) in [5, 5.41) is 2.89. The van der Waals surface area contributed by atoms with Crippen LogP contribution in [0.5, 0.6) is 0 Å². The summed E-state index contributed by atoms with van der Waals surface area (Å²) < 4.78 is 27.9. The average molecular weight is 396 g/mol. The van der Waals surface area contributed by atoms with Gasteiger partial charge in [0, 0.05) is 25.2 Å². The van der Waals surface area contributed by atoms with E-state index in [0.29, 0.717) is 31.1 Å². The highest BCUT2D eigenvalue weighted by atomic mass is 32.2. The van der Waals surface area contributed by atoms with Gasteiger partial charge in [-0.25, -0.2) is 8.42 Å². The molecular weight excluding hydrogens is 362 g/mol. The Balaban J connectivity index is 2.21. The molecule has 1 N–H and O–H groups in total. The molecule has 0 spiro atoms. The lowest BCUT2D eigenvalue weighted by molar-refractivity contribution is 0.0952. The molecule has 2 rings (SSSR count). The van der Waals surface area contributed by atoms with E-state index >= 15 is 0 Å². The Kier molecular flexibility index (Phi) is 7.42. The van der Waals surface area contributed by atoms with Gasteiger partial charge in [-0.3, -0.25) is 4.79 Å². The Hall–Kier alpha value is -1.44. The van der Waals surface area contributed by atoms with E-state index in [9.17, 15) is 13.2 Å². The number of piperidine rings is 1. The average Bonchev–Trinajstić information content (AvgIpc) is 2.60. The number of benzene rings is 1. The van der Waals surface area contributed by atoms with Gasteiger partial charge in [0.2, 0.25) is 10.0 Å². The maximum absolute atomic E-state index is 13.2. The molecule has 1 fully saturated rings. The SMILES string of the molecule is Cc1cc(C(=O)NCCCN(C)C)cc(S(=O)(=O)N2CCC(C)CC2)c1C. The smallest absolute Gasteiger partial charge is 0.251 e. The predicted molar refractivity (Wildman–Crippen MR) is 109 cm³/mol. The van der Waals surface area contributed by atoms with Crippen LogP contribution < -0.4 is 5.32 Å². The summed E-state index contributed by atoms with van der Waals surface area (Å²) in [4.78, 5) is 14.8. The Bertz CT molecular complexity index is 767.